The predicted octanol–water partition coefficient (Wildman–Crippen LogP) is 3.00. The molecule has 0 aromatic heterocycles. The summed E-state index contributed by atoms with van der Waals surface area (Å²) in [6.45, 7) is 1.59. The molecule has 0 aliphatic rings. The molecule has 2 aromatic carbocycles. The Bertz CT molecular complexity index is 868. The molecule has 0 bridgehead atoms. The number of amides is 1. The van der Waals surface area contributed by atoms with E-state index in [1.165, 1.54) is 26.2 Å². The summed E-state index contributed by atoms with van der Waals surface area (Å²) in [5, 5.41) is 3.15. The van der Waals surface area contributed by atoms with E-state index < -0.39 is 22.0 Å². The van der Waals surface area contributed by atoms with E-state index in [-0.39, 0.29) is 4.90 Å². The molecule has 2 aromatic rings. The zero-order valence-corrected chi connectivity index (χ0v) is 15.6. The number of nitrogens with zero attached hydrogens (tertiary/aromatic N) is 1. The van der Waals surface area contributed by atoms with Crippen molar-refractivity contribution < 1.29 is 17.9 Å². The highest BCUT2D eigenvalue weighted by Gasteiger charge is 2.19. The molecule has 0 spiro atoms. The van der Waals surface area contributed by atoms with Gasteiger partial charge in [-0.3, -0.25) is 4.79 Å². The Labute approximate surface area is 152 Å². The minimum Gasteiger partial charge on any atom is -0.481 e. The highest BCUT2D eigenvalue weighted by atomic mass is 35.5. The number of rotatable bonds is 6. The van der Waals surface area contributed by atoms with Crippen LogP contribution in [0.25, 0.3) is 0 Å². The molecule has 0 heterocycles. The summed E-state index contributed by atoms with van der Waals surface area (Å²) >= 11 is 5.88. The van der Waals surface area contributed by atoms with Crippen molar-refractivity contribution in [3.63, 3.8) is 0 Å². The van der Waals surface area contributed by atoms with Crippen molar-refractivity contribution in [1.29, 1.82) is 0 Å². The predicted molar refractivity (Wildman–Crippen MR) is 97.5 cm³/mol. The number of halogens is 1. The van der Waals surface area contributed by atoms with E-state index in [1.54, 1.807) is 43.3 Å². The van der Waals surface area contributed by atoms with Gasteiger partial charge in [0.25, 0.3) is 5.91 Å². The molecule has 134 valence electrons. The van der Waals surface area contributed by atoms with Gasteiger partial charge in [0.1, 0.15) is 5.75 Å². The van der Waals surface area contributed by atoms with Crippen LogP contribution in [0.15, 0.2) is 53.4 Å². The van der Waals surface area contributed by atoms with Gasteiger partial charge in [0.05, 0.1) is 4.90 Å². The third-order valence-corrected chi connectivity index (χ3v) is 5.40. The molecule has 25 heavy (non-hydrogen) atoms. The molecule has 1 atom stereocenters. The summed E-state index contributed by atoms with van der Waals surface area (Å²) < 4.78 is 31.0. The van der Waals surface area contributed by atoms with E-state index in [0.717, 1.165) is 4.31 Å². The number of anilines is 1. The van der Waals surface area contributed by atoms with Crippen LogP contribution in [0.1, 0.15) is 6.92 Å². The van der Waals surface area contributed by atoms with Gasteiger partial charge in [-0.1, -0.05) is 23.7 Å². The van der Waals surface area contributed by atoms with Gasteiger partial charge in [0, 0.05) is 24.8 Å². The van der Waals surface area contributed by atoms with Crippen molar-refractivity contribution in [3.05, 3.63) is 53.6 Å². The molecular formula is C17H19ClN2O4S. The van der Waals surface area contributed by atoms with E-state index in [1.807, 2.05) is 0 Å². The second-order valence-corrected chi connectivity index (χ2v) is 8.11. The lowest BCUT2D eigenvalue weighted by Crippen LogP contribution is -2.30. The fourth-order valence-corrected chi connectivity index (χ4v) is 3.12. The summed E-state index contributed by atoms with van der Waals surface area (Å²) in [5.41, 5.74) is 0.370. The van der Waals surface area contributed by atoms with Crippen LogP contribution in [0.3, 0.4) is 0 Å². The Kier molecular flexibility index (Phi) is 6.05. The van der Waals surface area contributed by atoms with E-state index in [2.05, 4.69) is 5.32 Å². The number of nitrogens with one attached hydrogen (secondary N) is 1. The lowest BCUT2D eigenvalue weighted by molar-refractivity contribution is -0.122. The largest absolute Gasteiger partial charge is 0.481 e. The fourth-order valence-electron chi connectivity index (χ4n) is 1.99. The highest BCUT2D eigenvalue weighted by Crippen LogP contribution is 2.20. The number of sulfonamides is 1. The maximum Gasteiger partial charge on any atom is 0.265 e. The average Bonchev–Trinajstić information content (AvgIpc) is 2.54. The van der Waals surface area contributed by atoms with Crippen LogP contribution in [0.2, 0.25) is 5.02 Å². The zero-order valence-electron chi connectivity index (χ0n) is 14.1. The standard InChI is InChI=1S/C17H19ClN2O4S/c1-12(24-15-8-4-6-13(18)10-15)17(21)19-14-7-5-9-16(11-14)25(22,23)20(2)3/h4-12H,1-3H3,(H,19,21)/t12-/m0/s1. The van der Waals surface area contributed by atoms with E-state index >= 15 is 0 Å². The molecular weight excluding hydrogens is 364 g/mol. The Morgan fingerprint density at radius 1 is 1.16 bits per heavy atom. The zero-order chi connectivity index (χ0) is 18.6. The third-order valence-electron chi connectivity index (χ3n) is 3.36. The Hall–Kier alpha value is -2.09. The van der Waals surface area contributed by atoms with Crippen LogP contribution in [0, 0.1) is 0 Å². The number of benzene rings is 2. The molecule has 1 N–H and O–H groups in total. The highest BCUT2D eigenvalue weighted by molar-refractivity contribution is 7.89. The first kappa shape index (κ1) is 19.2. The van der Waals surface area contributed by atoms with E-state index in [9.17, 15) is 13.2 Å². The first-order chi connectivity index (χ1) is 11.7. The molecule has 0 unspecified atom stereocenters. The lowest BCUT2D eigenvalue weighted by Gasteiger charge is -2.16. The maximum absolute atomic E-state index is 12.3. The van der Waals surface area contributed by atoms with Crippen LogP contribution in [0.4, 0.5) is 5.69 Å². The molecule has 0 fully saturated rings. The van der Waals surface area contributed by atoms with Crippen molar-refractivity contribution >= 4 is 33.2 Å². The molecule has 0 saturated carbocycles. The van der Waals surface area contributed by atoms with Gasteiger partial charge >= 0.3 is 0 Å². The lowest BCUT2D eigenvalue weighted by atomic mass is 10.3. The number of hydrogen-bond acceptors (Lipinski definition) is 4. The normalized spacial score (nSPS) is 12.7. The second-order valence-electron chi connectivity index (χ2n) is 5.52. The molecule has 0 radical (unpaired) electrons. The molecule has 0 aliphatic carbocycles. The monoisotopic (exact) mass is 382 g/mol. The number of ether oxygens (including phenoxy) is 1. The van der Waals surface area contributed by atoms with Gasteiger partial charge in [-0.15, -0.1) is 0 Å². The van der Waals surface area contributed by atoms with Gasteiger partial charge in [0.2, 0.25) is 10.0 Å². The summed E-state index contributed by atoms with van der Waals surface area (Å²) in [7, 11) is -0.681. The molecule has 0 saturated heterocycles. The van der Waals surface area contributed by atoms with Crippen molar-refractivity contribution in [2.24, 2.45) is 0 Å². The fraction of sp³-hybridized carbons (Fsp3) is 0.235. The summed E-state index contributed by atoms with van der Waals surface area (Å²) in [6.07, 6.45) is -0.785. The van der Waals surface area contributed by atoms with E-state index in [4.69, 9.17) is 16.3 Å². The van der Waals surface area contributed by atoms with Crippen LogP contribution in [0.5, 0.6) is 5.75 Å². The third kappa shape index (κ3) is 4.94. The summed E-state index contributed by atoms with van der Waals surface area (Å²) in [4.78, 5) is 12.4. The molecule has 6 nitrogen and oxygen atoms in total. The van der Waals surface area contributed by atoms with Gasteiger partial charge in [-0.25, -0.2) is 12.7 Å². The quantitative estimate of drug-likeness (QED) is 0.833. The number of carbonyl (C=O) groups is 1. The minimum atomic E-state index is -3.57. The van der Waals surface area contributed by atoms with Gasteiger partial charge in [0.15, 0.2) is 6.10 Å². The number of carbonyl (C=O) groups excluding carboxylic acids is 1. The molecule has 8 heteroatoms. The first-order valence-electron chi connectivity index (χ1n) is 7.46. The molecule has 0 aliphatic heterocycles. The van der Waals surface area contributed by atoms with Gasteiger partial charge < -0.3 is 10.1 Å². The van der Waals surface area contributed by atoms with Crippen molar-refractivity contribution in [1.82, 2.24) is 4.31 Å². The Balaban J connectivity index is 2.10. The van der Waals surface area contributed by atoms with E-state index in [0.29, 0.717) is 16.5 Å². The Morgan fingerprint density at radius 2 is 1.84 bits per heavy atom. The van der Waals surface area contributed by atoms with Crippen molar-refractivity contribution in [2.75, 3.05) is 19.4 Å². The van der Waals surface area contributed by atoms with Crippen LogP contribution < -0.4 is 10.1 Å². The van der Waals surface area contributed by atoms with Crippen molar-refractivity contribution in [3.8, 4) is 5.75 Å². The minimum absolute atomic E-state index is 0.0960. The Morgan fingerprint density at radius 3 is 2.48 bits per heavy atom. The summed E-state index contributed by atoms with van der Waals surface area (Å²) in [6, 6.07) is 12.8. The first-order valence-corrected chi connectivity index (χ1v) is 9.27. The topological polar surface area (TPSA) is 75.7 Å². The van der Waals surface area contributed by atoms with Crippen LogP contribution >= 0.6 is 11.6 Å². The average molecular weight is 383 g/mol. The van der Waals surface area contributed by atoms with Crippen molar-refractivity contribution in [2.45, 2.75) is 17.9 Å². The molecule has 1 amide bonds. The van der Waals surface area contributed by atoms with Crippen LogP contribution in [-0.2, 0) is 14.8 Å². The van der Waals surface area contributed by atoms with Gasteiger partial charge in [-0.05, 0) is 43.3 Å². The molecule has 2 rings (SSSR count). The van der Waals surface area contributed by atoms with Crippen LogP contribution in [-0.4, -0.2) is 38.8 Å². The maximum atomic E-state index is 12.3. The second kappa shape index (κ2) is 7.86. The smallest absolute Gasteiger partial charge is 0.265 e. The SMILES string of the molecule is C[C@H](Oc1cccc(Cl)c1)C(=O)Nc1cccc(S(=O)(=O)N(C)C)c1. The number of hydrogen-bond donors (Lipinski definition) is 1. The van der Waals surface area contributed by atoms with Gasteiger partial charge in [-0.2, -0.15) is 0 Å². The summed E-state index contributed by atoms with van der Waals surface area (Å²) in [5.74, 6) is 0.0680.